The Morgan fingerprint density at radius 3 is 1.92 bits per heavy atom. The van der Waals surface area contributed by atoms with E-state index in [1.165, 1.54) is 38.5 Å². The molecule has 0 aromatic rings. The molecule has 0 spiro atoms. The molecular formula is C10H20Br2. The van der Waals surface area contributed by atoms with Gasteiger partial charge in [0.25, 0.3) is 0 Å². The third-order valence-electron chi connectivity index (χ3n) is 2.04. The molecule has 0 heterocycles. The fourth-order valence-corrected chi connectivity index (χ4v) is 2.54. The first-order valence-corrected chi connectivity index (χ1v) is 6.83. The molecule has 0 rings (SSSR count). The summed E-state index contributed by atoms with van der Waals surface area (Å²) in [6.45, 7) is 4.49. The monoisotopic (exact) mass is 298 g/mol. The Kier molecular flexibility index (Phi) is 9.24. The van der Waals surface area contributed by atoms with E-state index in [9.17, 15) is 0 Å². The second kappa shape index (κ2) is 8.55. The van der Waals surface area contributed by atoms with Crippen molar-refractivity contribution >= 4 is 31.9 Å². The molecule has 2 atom stereocenters. The first kappa shape index (κ1) is 13.0. The molecule has 0 N–H and O–H groups in total. The predicted octanol–water partition coefficient (Wildman–Crippen LogP) is 4.89. The van der Waals surface area contributed by atoms with Gasteiger partial charge in [-0.25, -0.2) is 0 Å². The smallest absolute Gasteiger partial charge is 0.0271 e. The van der Waals surface area contributed by atoms with E-state index in [0.29, 0.717) is 9.65 Å². The molecule has 74 valence electrons. The maximum absolute atomic E-state index is 3.73. The highest BCUT2D eigenvalue weighted by Crippen LogP contribution is 2.23. The van der Waals surface area contributed by atoms with Gasteiger partial charge in [0.1, 0.15) is 0 Å². The number of halogens is 2. The van der Waals surface area contributed by atoms with E-state index in [1.54, 1.807) is 0 Å². The number of rotatable bonds is 7. The lowest BCUT2D eigenvalue weighted by Crippen LogP contribution is -2.13. The molecule has 0 aliphatic heterocycles. The van der Waals surface area contributed by atoms with Gasteiger partial charge in [0.15, 0.2) is 0 Å². The van der Waals surface area contributed by atoms with Crippen molar-refractivity contribution in [1.29, 1.82) is 0 Å². The van der Waals surface area contributed by atoms with Crippen LogP contribution in [0.15, 0.2) is 0 Å². The maximum Gasteiger partial charge on any atom is 0.0271 e. The summed E-state index contributed by atoms with van der Waals surface area (Å²) >= 11 is 7.44. The van der Waals surface area contributed by atoms with Crippen LogP contribution in [0.25, 0.3) is 0 Å². The van der Waals surface area contributed by atoms with Crippen molar-refractivity contribution in [3.05, 3.63) is 0 Å². The average Bonchev–Trinajstić information content (AvgIpc) is 2.05. The van der Waals surface area contributed by atoms with Gasteiger partial charge in [0.05, 0.1) is 0 Å². The molecule has 0 aliphatic carbocycles. The minimum absolute atomic E-state index is 0.666. The van der Waals surface area contributed by atoms with Crippen molar-refractivity contribution in [2.75, 3.05) is 0 Å². The Morgan fingerprint density at radius 2 is 1.42 bits per heavy atom. The lowest BCUT2D eigenvalue weighted by molar-refractivity contribution is 0.617. The van der Waals surface area contributed by atoms with Crippen LogP contribution in [0.1, 0.15) is 52.4 Å². The quantitative estimate of drug-likeness (QED) is 0.463. The lowest BCUT2D eigenvalue weighted by Gasteiger charge is -2.15. The average molecular weight is 300 g/mol. The van der Waals surface area contributed by atoms with Gasteiger partial charge < -0.3 is 0 Å². The van der Waals surface area contributed by atoms with Crippen LogP contribution in [-0.4, -0.2) is 9.65 Å². The zero-order valence-corrected chi connectivity index (χ0v) is 11.3. The van der Waals surface area contributed by atoms with Crippen molar-refractivity contribution < 1.29 is 0 Å². The van der Waals surface area contributed by atoms with E-state index in [2.05, 4.69) is 45.7 Å². The van der Waals surface area contributed by atoms with E-state index >= 15 is 0 Å². The predicted molar refractivity (Wildman–Crippen MR) is 64.5 cm³/mol. The Labute approximate surface area is 93.8 Å². The highest BCUT2D eigenvalue weighted by atomic mass is 79.9. The van der Waals surface area contributed by atoms with E-state index in [1.807, 2.05) is 0 Å². The van der Waals surface area contributed by atoms with Crippen molar-refractivity contribution in [1.82, 2.24) is 0 Å². The second-order valence-electron chi connectivity index (χ2n) is 3.32. The van der Waals surface area contributed by atoms with Crippen LogP contribution >= 0.6 is 31.9 Å². The molecule has 0 bridgehead atoms. The number of hydrogen-bond acceptors (Lipinski definition) is 0. The molecule has 0 fully saturated rings. The molecule has 2 heteroatoms. The van der Waals surface area contributed by atoms with Crippen molar-refractivity contribution in [3.8, 4) is 0 Å². The molecule has 0 saturated carbocycles. The minimum atomic E-state index is 0.666. The normalized spacial score (nSPS) is 16.0. The highest BCUT2D eigenvalue weighted by Gasteiger charge is 2.13. The van der Waals surface area contributed by atoms with Gasteiger partial charge >= 0.3 is 0 Å². The summed E-state index contributed by atoms with van der Waals surface area (Å²) in [6, 6.07) is 0. The van der Waals surface area contributed by atoms with Crippen molar-refractivity contribution in [3.63, 3.8) is 0 Å². The van der Waals surface area contributed by atoms with Gasteiger partial charge in [-0.3, -0.25) is 0 Å². The van der Waals surface area contributed by atoms with E-state index < -0.39 is 0 Å². The van der Waals surface area contributed by atoms with Gasteiger partial charge in [-0.2, -0.15) is 0 Å². The molecule has 12 heavy (non-hydrogen) atoms. The Hall–Kier alpha value is 0.960. The molecule has 0 aromatic carbocycles. The van der Waals surface area contributed by atoms with Crippen molar-refractivity contribution in [2.24, 2.45) is 0 Å². The van der Waals surface area contributed by atoms with Crippen LogP contribution in [0.2, 0.25) is 0 Å². The SMILES string of the molecule is CCCCC[C@@H](Br)[C@H](Br)CCC. The molecule has 0 radical (unpaired) electrons. The van der Waals surface area contributed by atoms with Crippen LogP contribution < -0.4 is 0 Å². The van der Waals surface area contributed by atoms with Gasteiger partial charge in [-0.05, 0) is 12.8 Å². The standard InChI is InChI=1S/C10H20Br2/c1-3-5-6-8-10(12)9(11)7-4-2/h9-10H,3-8H2,1-2H3/t9-,10-/m1/s1. The third kappa shape index (κ3) is 6.47. The Balaban J connectivity index is 3.35. The zero-order valence-electron chi connectivity index (χ0n) is 8.15. The minimum Gasteiger partial charge on any atom is -0.0879 e. The summed E-state index contributed by atoms with van der Waals surface area (Å²) < 4.78 is 0. The lowest BCUT2D eigenvalue weighted by atomic mass is 10.1. The van der Waals surface area contributed by atoms with Gasteiger partial charge in [0, 0.05) is 9.65 Å². The Morgan fingerprint density at radius 1 is 0.833 bits per heavy atom. The highest BCUT2D eigenvalue weighted by molar-refractivity contribution is 9.12. The summed E-state index contributed by atoms with van der Waals surface area (Å²) in [5, 5.41) is 0. The Bertz CT molecular complexity index is 93.8. The fraction of sp³-hybridized carbons (Fsp3) is 1.00. The summed E-state index contributed by atoms with van der Waals surface area (Å²) in [7, 11) is 0. The molecule has 0 aromatic heterocycles. The molecule has 0 amide bonds. The topological polar surface area (TPSA) is 0 Å². The first-order chi connectivity index (χ1) is 5.72. The zero-order chi connectivity index (χ0) is 9.40. The van der Waals surface area contributed by atoms with Crippen LogP contribution in [0.4, 0.5) is 0 Å². The van der Waals surface area contributed by atoms with Crippen LogP contribution in [0.3, 0.4) is 0 Å². The number of unbranched alkanes of at least 4 members (excludes halogenated alkanes) is 2. The first-order valence-electron chi connectivity index (χ1n) is 5.00. The largest absolute Gasteiger partial charge is 0.0879 e. The van der Waals surface area contributed by atoms with E-state index in [-0.39, 0.29) is 0 Å². The van der Waals surface area contributed by atoms with Gasteiger partial charge in [0.2, 0.25) is 0 Å². The van der Waals surface area contributed by atoms with Gasteiger partial charge in [-0.15, -0.1) is 0 Å². The molecule has 0 unspecified atom stereocenters. The third-order valence-corrected chi connectivity index (χ3v) is 4.94. The molecular weight excluding hydrogens is 280 g/mol. The number of hydrogen-bond donors (Lipinski definition) is 0. The van der Waals surface area contributed by atoms with Crippen LogP contribution in [0, 0.1) is 0 Å². The molecule has 0 nitrogen and oxygen atoms in total. The van der Waals surface area contributed by atoms with E-state index in [0.717, 1.165) is 0 Å². The second-order valence-corrected chi connectivity index (χ2v) is 5.67. The molecule has 0 aliphatic rings. The van der Waals surface area contributed by atoms with Crippen LogP contribution in [0.5, 0.6) is 0 Å². The molecule has 0 saturated heterocycles. The van der Waals surface area contributed by atoms with E-state index in [4.69, 9.17) is 0 Å². The summed E-state index contributed by atoms with van der Waals surface area (Å²) in [5.74, 6) is 0. The van der Waals surface area contributed by atoms with Crippen LogP contribution in [-0.2, 0) is 0 Å². The van der Waals surface area contributed by atoms with Gasteiger partial charge in [-0.1, -0.05) is 71.4 Å². The maximum atomic E-state index is 3.73. The summed E-state index contributed by atoms with van der Waals surface area (Å²) in [6.07, 6.45) is 7.91. The summed E-state index contributed by atoms with van der Waals surface area (Å²) in [5.41, 5.74) is 0. The summed E-state index contributed by atoms with van der Waals surface area (Å²) in [4.78, 5) is 1.34. The fourth-order valence-electron chi connectivity index (χ4n) is 1.23. The number of alkyl halides is 2. The van der Waals surface area contributed by atoms with Crippen molar-refractivity contribution in [2.45, 2.75) is 62.0 Å².